The number of benzene rings is 1. The van der Waals surface area contributed by atoms with Gasteiger partial charge in [-0.15, -0.1) is 0 Å². The fraction of sp³-hybridized carbons (Fsp3) is 0.0909. The third-order valence-corrected chi connectivity index (χ3v) is 2.20. The van der Waals surface area contributed by atoms with Gasteiger partial charge in [0.25, 0.3) is 0 Å². The second-order valence-electron chi connectivity index (χ2n) is 3.25. The zero-order valence-electron chi connectivity index (χ0n) is 8.34. The maximum absolute atomic E-state index is 13.4. The molecule has 0 atom stereocenters. The van der Waals surface area contributed by atoms with Gasteiger partial charge in [0.1, 0.15) is 16.8 Å². The number of aryl methyl sites for hydroxylation is 1. The lowest BCUT2D eigenvalue weighted by Crippen LogP contribution is -1.97. The van der Waals surface area contributed by atoms with Crippen LogP contribution in [0.4, 0.5) is 8.78 Å². The van der Waals surface area contributed by atoms with Gasteiger partial charge in [0.2, 0.25) is 0 Å². The van der Waals surface area contributed by atoms with Crippen molar-refractivity contribution in [2.45, 2.75) is 6.92 Å². The van der Waals surface area contributed by atoms with E-state index in [9.17, 15) is 8.78 Å². The lowest BCUT2D eigenvalue weighted by atomic mass is 10.2. The molecule has 16 heavy (non-hydrogen) atoms. The lowest BCUT2D eigenvalue weighted by Gasteiger charge is -2.04. The van der Waals surface area contributed by atoms with Crippen LogP contribution in [0.3, 0.4) is 0 Å². The minimum atomic E-state index is -0.707. The maximum Gasteiger partial charge on any atom is 0.167 e. The summed E-state index contributed by atoms with van der Waals surface area (Å²) in [4.78, 5) is 7.75. The summed E-state index contributed by atoms with van der Waals surface area (Å²) in [5, 5.41) is 0.158. The molecule has 82 valence electrons. The van der Waals surface area contributed by atoms with Gasteiger partial charge >= 0.3 is 0 Å². The molecule has 1 aromatic carbocycles. The lowest BCUT2D eigenvalue weighted by molar-refractivity contribution is 0.587. The first-order valence-electron chi connectivity index (χ1n) is 4.53. The predicted octanol–water partition coefficient (Wildman–Crippen LogP) is 3.38. The van der Waals surface area contributed by atoms with Gasteiger partial charge in [-0.1, -0.05) is 17.7 Å². The van der Waals surface area contributed by atoms with Gasteiger partial charge in [0.05, 0.1) is 5.56 Å². The Morgan fingerprint density at radius 3 is 2.31 bits per heavy atom. The summed E-state index contributed by atoms with van der Waals surface area (Å²) >= 11 is 5.71. The van der Waals surface area contributed by atoms with Crippen LogP contribution in [0.15, 0.2) is 24.3 Å². The molecule has 0 saturated heterocycles. The first-order valence-corrected chi connectivity index (χ1v) is 4.91. The van der Waals surface area contributed by atoms with E-state index in [-0.39, 0.29) is 16.5 Å². The maximum atomic E-state index is 13.4. The highest BCUT2D eigenvalue weighted by Gasteiger charge is 2.14. The van der Waals surface area contributed by atoms with Crippen LogP contribution in [0, 0.1) is 18.6 Å². The van der Waals surface area contributed by atoms with E-state index >= 15 is 0 Å². The molecule has 0 spiro atoms. The molecule has 0 aliphatic heterocycles. The summed E-state index contributed by atoms with van der Waals surface area (Å²) in [6.07, 6.45) is 0. The Hall–Kier alpha value is -1.55. The molecule has 0 fully saturated rings. The Kier molecular flexibility index (Phi) is 2.83. The fourth-order valence-corrected chi connectivity index (χ4v) is 1.59. The molecule has 0 N–H and O–H groups in total. The average Bonchev–Trinajstić information content (AvgIpc) is 2.15. The van der Waals surface area contributed by atoms with Crippen LogP contribution in [-0.2, 0) is 0 Å². The van der Waals surface area contributed by atoms with E-state index in [4.69, 9.17) is 11.6 Å². The number of halogens is 3. The minimum Gasteiger partial charge on any atom is -0.233 e. The normalized spacial score (nSPS) is 10.5. The molecule has 5 heteroatoms. The van der Waals surface area contributed by atoms with Gasteiger partial charge in [0.15, 0.2) is 5.82 Å². The van der Waals surface area contributed by atoms with Crippen LogP contribution in [0.2, 0.25) is 5.15 Å². The molecule has 1 heterocycles. The van der Waals surface area contributed by atoms with Gasteiger partial charge in [-0.3, -0.25) is 0 Å². The number of hydrogen-bond acceptors (Lipinski definition) is 2. The molecule has 0 saturated carbocycles. The molecule has 0 unspecified atom stereocenters. The number of aromatic nitrogens is 2. The summed E-state index contributed by atoms with van der Waals surface area (Å²) in [6.45, 7) is 1.68. The molecule has 2 aromatic rings. The summed E-state index contributed by atoms with van der Waals surface area (Å²) in [7, 11) is 0. The SMILES string of the molecule is Cc1cc(Cl)nc(-c2c(F)cccc2F)n1. The van der Waals surface area contributed by atoms with Crippen LogP contribution in [0.1, 0.15) is 5.69 Å². The Morgan fingerprint density at radius 2 is 1.75 bits per heavy atom. The van der Waals surface area contributed by atoms with Crippen LogP contribution in [-0.4, -0.2) is 9.97 Å². The first kappa shape index (κ1) is 11.0. The van der Waals surface area contributed by atoms with E-state index in [0.29, 0.717) is 5.69 Å². The van der Waals surface area contributed by atoms with Gasteiger partial charge in [-0.25, -0.2) is 18.7 Å². The molecule has 0 amide bonds. The van der Waals surface area contributed by atoms with Crippen LogP contribution in [0.5, 0.6) is 0 Å². The van der Waals surface area contributed by atoms with E-state index < -0.39 is 11.6 Å². The summed E-state index contributed by atoms with van der Waals surface area (Å²) in [5.41, 5.74) is 0.297. The number of nitrogens with zero attached hydrogens (tertiary/aromatic N) is 2. The molecule has 0 aliphatic rings. The van der Waals surface area contributed by atoms with Gasteiger partial charge in [0, 0.05) is 5.69 Å². The van der Waals surface area contributed by atoms with Crippen molar-refractivity contribution in [3.8, 4) is 11.4 Å². The minimum absolute atomic E-state index is 0.0411. The number of hydrogen-bond donors (Lipinski definition) is 0. The van der Waals surface area contributed by atoms with E-state index in [1.54, 1.807) is 6.92 Å². The van der Waals surface area contributed by atoms with Crippen LogP contribution in [0.25, 0.3) is 11.4 Å². The monoisotopic (exact) mass is 240 g/mol. The van der Waals surface area contributed by atoms with Crippen molar-refractivity contribution >= 4 is 11.6 Å². The smallest absolute Gasteiger partial charge is 0.167 e. The van der Waals surface area contributed by atoms with E-state index in [0.717, 1.165) is 12.1 Å². The van der Waals surface area contributed by atoms with Crippen LogP contribution < -0.4 is 0 Å². The highest BCUT2D eigenvalue weighted by molar-refractivity contribution is 6.29. The molecule has 0 bridgehead atoms. The van der Waals surface area contributed by atoms with Crippen molar-refractivity contribution in [3.63, 3.8) is 0 Å². The highest BCUT2D eigenvalue weighted by atomic mass is 35.5. The Labute approximate surface area is 95.9 Å². The zero-order valence-corrected chi connectivity index (χ0v) is 9.09. The van der Waals surface area contributed by atoms with Crippen LogP contribution >= 0.6 is 11.6 Å². The molecular formula is C11H7ClF2N2. The van der Waals surface area contributed by atoms with Gasteiger partial charge in [-0.05, 0) is 25.1 Å². The van der Waals surface area contributed by atoms with Crippen molar-refractivity contribution in [2.75, 3.05) is 0 Å². The summed E-state index contributed by atoms with van der Waals surface area (Å²) < 4.78 is 26.9. The molecule has 0 aliphatic carbocycles. The van der Waals surface area contributed by atoms with Crippen molar-refractivity contribution in [3.05, 3.63) is 46.7 Å². The molecular weight excluding hydrogens is 234 g/mol. The molecule has 2 nitrogen and oxygen atoms in total. The highest BCUT2D eigenvalue weighted by Crippen LogP contribution is 2.24. The largest absolute Gasteiger partial charge is 0.233 e. The third-order valence-electron chi connectivity index (χ3n) is 2.01. The van der Waals surface area contributed by atoms with Crippen molar-refractivity contribution in [1.82, 2.24) is 9.97 Å². The van der Waals surface area contributed by atoms with E-state index in [2.05, 4.69) is 9.97 Å². The molecule has 0 radical (unpaired) electrons. The predicted molar refractivity (Wildman–Crippen MR) is 57.1 cm³/mol. The Morgan fingerprint density at radius 1 is 1.12 bits per heavy atom. The Balaban J connectivity index is 2.67. The number of rotatable bonds is 1. The zero-order chi connectivity index (χ0) is 11.7. The molecule has 1 aromatic heterocycles. The molecule has 2 rings (SSSR count). The second-order valence-corrected chi connectivity index (χ2v) is 3.64. The van der Waals surface area contributed by atoms with Crippen molar-refractivity contribution in [2.24, 2.45) is 0 Å². The topological polar surface area (TPSA) is 25.8 Å². The van der Waals surface area contributed by atoms with E-state index in [1.165, 1.54) is 12.1 Å². The van der Waals surface area contributed by atoms with Gasteiger partial charge < -0.3 is 0 Å². The summed E-state index contributed by atoms with van der Waals surface area (Å²) in [6, 6.07) is 5.10. The second kappa shape index (κ2) is 4.14. The quantitative estimate of drug-likeness (QED) is 0.714. The van der Waals surface area contributed by atoms with Gasteiger partial charge in [-0.2, -0.15) is 0 Å². The Bertz CT molecular complexity index is 503. The standard InChI is InChI=1S/C11H7ClF2N2/c1-6-5-9(12)16-11(15-6)10-7(13)3-2-4-8(10)14/h2-5H,1H3. The van der Waals surface area contributed by atoms with E-state index in [1.807, 2.05) is 0 Å². The average molecular weight is 241 g/mol. The first-order chi connectivity index (χ1) is 7.58. The third kappa shape index (κ3) is 2.02. The van der Waals surface area contributed by atoms with Crippen molar-refractivity contribution < 1.29 is 8.78 Å². The summed E-state index contributed by atoms with van der Waals surface area (Å²) in [5.74, 6) is -1.45. The van der Waals surface area contributed by atoms with Crippen molar-refractivity contribution in [1.29, 1.82) is 0 Å². The fourth-order valence-electron chi connectivity index (χ4n) is 1.35.